The number of aliphatic hydroxyl groups excluding tert-OH is 1. The third-order valence-corrected chi connectivity index (χ3v) is 4.61. The van der Waals surface area contributed by atoms with Crippen LogP contribution in [0.25, 0.3) is 0 Å². The molecule has 21 heavy (non-hydrogen) atoms. The number of nitrogens with zero attached hydrogens (tertiary/aromatic N) is 4. The molecule has 2 aliphatic heterocycles. The molecule has 3 rings (SSSR count). The van der Waals surface area contributed by atoms with Crippen LogP contribution in [0.5, 0.6) is 0 Å². The Morgan fingerprint density at radius 1 is 1.24 bits per heavy atom. The Morgan fingerprint density at radius 2 is 2.00 bits per heavy atom. The first-order chi connectivity index (χ1) is 10.2. The summed E-state index contributed by atoms with van der Waals surface area (Å²) in [5.74, 6) is 0. The van der Waals surface area contributed by atoms with Gasteiger partial charge in [0.1, 0.15) is 0 Å². The van der Waals surface area contributed by atoms with Gasteiger partial charge in [0.25, 0.3) is 0 Å². The highest BCUT2D eigenvalue weighted by Crippen LogP contribution is 2.20. The third-order valence-electron chi connectivity index (χ3n) is 4.61. The molecule has 0 saturated carbocycles. The number of rotatable bonds is 3. The fourth-order valence-electron chi connectivity index (χ4n) is 3.43. The molecule has 0 aliphatic carbocycles. The van der Waals surface area contributed by atoms with E-state index in [1.807, 2.05) is 17.9 Å². The summed E-state index contributed by atoms with van der Waals surface area (Å²) in [6.07, 6.45) is 5.66. The molecule has 2 aliphatic rings. The lowest BCUT2D eigenvalue weighted by Crippen LogP contribution is -2.49. The summed E-state index contributed by atoms with van der Waals surface area (Å²) in [6, 6.07) is 0.285. The molecule has 2 fully saturated rings. The van der Waals surface area contributed by atoms with E-state index in [2.05, 4.69) is 21.1 Å². The predicted octanol–water partition coefficient (Wildman–Crippen LogP) is 0.0776. The van der Waals surface area contributed by atoms with Crippen LogP contribution >= 0.6 is 0 Å². The van der Waals surface area contributed by atoms with Gasteiger partial charge in [-0.15, -0.1) is 0 Å². The zero-order valence-electron chi connectivity index (χ0n) is 12.8. The molecule has 0 spiro atoms. The Balaban J connectivity index is 1.57. The van der Waals surface area contributed by atoms with Crippen molar-refractivity contribution in [2.24, 2.45) is 7.05 Å². The number of hydrogen-bond donors (Lipinski definition) is 1. The summed E-state index contributed by atoms with van der Waals surface area (Å²) in [7, 11) is 1.95. The molecule has 6 nitrogen and oxygen atoms in total. The second kappa shape index (κ2) is 6.87. The van der Waals surface area contributed by atoms with Gasteiger partial charge < -0.3 is 9.84 Å². The molecule has 0 unspecified atom stereocenters. The van der Waals surface area contributed by atoms with Gasteiger partial charge in [-0.05, 0) is 12.8 Å². The van der Waals surface area contributed by atoms with E-state index >= 15 is 0 Å². The molecule has 0 aromatic carbocycles. The van der Waals surface area contributed by atoms with Crippen LogP contribution in [0.1, 0.15) is 18.4 Å². The number of aliphatic hydroxyl groups is 1. The average Bonchev–Trinajstić information content (AvgIpc) is 2.81. The summed E-state index contributed by atoms with van der Waals surface area (Å²) in [5.41, 5.74) is 1.25. The Morgan fingerprint density at radius 3 is 2.71 bits per heavy atom. The predicted molar refractivity (Wildman–Crippen MR) is 79.9 cm³/mol. The highest BCUT2D eigenvalue weighted by molar-refractivity contribution is 5.03. The van der Waals surface area contributed by atoms with Gasteiger partial charge in [-0.1, -0.05) is 0 Å². The van der Waals surface area contributed by atoms with Crippen LogP contribution in [0, 0.1) is 0 Å². The second-order valence-electron chi connectivity index (χ2n) is 6.16. The lowest BCUT2D eigenvalue weighted by atomic mass is 10.0. The fraction of sp³-hybridized carbons (Fsp3) is 0.800. The maximum absolute atomic E-state index is 10.5. The smallest absolute Gasteiger partial charge is 0.0708 e. The van der Waals surface area contributed by atoms with Crippen molar-refractivity contribution in [2.75, 3.05) is 39.4 Å². The molecule has 0 amide bonds. The lowest BCUT2D eigenvalue weighted by Gasteiger charge is -2.36. The van der Waals surface area contributed by atoms with E-state index in [9.17, 15) is 5.11 Å². The van der Waals surface area contributed by atoms with Gasteiger partial charge in [0.15, 0.2) is 0 Å². The first kappa shape index (κ1) is 15.0. The quantitative estimate of drug-likeness (QED) is 0.855. The number of morpholine rings is 1. The van der Waals surface area contributed by atoms with Crippen molar-refractivity contribution < 1.29 is 9.84 Å². The Labute approximate surface area is 126 Å². The Hall–Kier alpha value is -0.950. The molecule has 1 aromatic heterocycles. The second-order valence-corrected chi connectivity index (χ2v) is 6.16. The fourth-order valence-corrected chi connectivity index (χ4v) is 3.43. The highest BCUT2D eigenvalue weighted by Gasteiger charge is 2.30. The van der Waals surface area contributed by atoms with Gasteiger partial charge in [0.05, 0.1) is 25.5 Å². The van der Waals surface area contributed by atoms with E-state index in [1.165, 1.54) is 5.56 Å². The molecular formula is C15H26N4O2. The van der Waals surface area contributed by atoms with Crippen molar-refractivity contribution in [3.8, 4) is 0 Å². The van der Waals surface area contributed by atoms with Crippen molar-refractivity contribution in [3.63, 3.8) is 0 Å². The molecule has 0 bridgehead atoms. The molecule has 2 atom stereocenters. The van der Waals surface area contributed by atoms with Gasteiger partial charge in [-0.2, -0.15) is 5.10 Å². The average molecular weight is 294 g/mol. The summed E-state index contributed by atoms with van der Waals surface area (Å²) < 4.78 is 7.26. The van der Waals surface area contributed by atoms with Crippen molar-refractivity contribution in [2.45, 2.75) is 31.5 Å². The summed E-state index contributed by atoms with van der Waals surface area (Å²) in [6.45, 7) is 6.40. The lowest BCUT2D eigenvalue weighted by molar-refractivity contribution is -0.0222. The van der Waals surface area contributed by atoms with Gasteiger partial charge >= 0.3 is 0 Å². The van der Waals surface area contributed by atoms with Crippen LogP contribution < -0.4 is 0 Å². The van der Waals surface area contributed by atoms with Gasteiger partial charge in [0, 0.05) is 57.6 Å². The number of aryl methyl sites for hydroxylation is 1. The Bertz CT molecular complexity index is 445. The van der Waals surface area contributed by atoms with Crippen LogP contribution in [-0.4, -0.2) is 76.2 Å². The Kier molecular flexibility index (Phi) is 4.90. The van der Waals surface area contributed by atoms with Crippen LogP contribution in [0.15, 0.2) is 12.4 Å². The first-order valence-corrected chi connectivity index (χ1v) is 7.92. The molecular weight excluding hydrogens is 268 g/mol. The third kappa shape index (κ3) is 3.83. The molecule has 1 N–H and O–H groups in total. The van der Waals surface area contributed by atoms with Crippen LogP contribution in [0.2, 0.25) is 0 Å². The normalized spacial score (nSPS) is 29.4. The van der Waals surface area contributed by atoms with E-state index in [1.54, 1.807) is 0 Å². The minimum Gasteiger partial charge on any atom is -0.391 e. The number of likely N-dealkylation sites (tertiary alicyclic amines) is 1. The maximum Gasteiger partial charge on any atom is 0.0708 e. The molecule has 2 saturated heterocycles. The van der Waals surface area contributed by atoms with Crippen molar-refractivity contribution in [3.05, 3.63) is 18.0 Å². The zero-order valence-corrected chi connectivity index (χ0v) is 12.8. The maximum atomic E-state index is 10.5. The number of ether oxygens (including phenoxy) is 1. The van der Waals surface area contributed by atoms with Gasteiger partial charge in [0.2, 0.25) is 0 Å². The number of aromatic nitrogens is 2. The first-order valence-electron chi connectivity index (χ1n) is 7.92. The summed E-state index contributed by atoms with van der Waals surface area (Å²) in [4.78, 5) is 4.84. The monoisotopic (exact) mass is 294 g/mol. The standard InChI is InChI=1S/C15H26N4O2/c1-17-11-13(10-16-17)12-18-4-2-14(15(20)3-5-18)19-6-8-21-9-7-19/h10-11,14-15,20H,2-9,12H2,1H3/t14-,15-/m0/s1. The largest absolute Gasteiger partial charge is 0.391 e. The minimum absolute atomic E-state index is 0.220. The van der Waals surface area contributed by atoms with E-state index in [-0.39, 0.29) is 12.1 Å². The SMILES string of the molecule is Cn1cc(CN2CC[C@H](O)[C@@H](N3CCOCC3)CC2)cn1. The van der Waals surface area contributed by atoms with Crippen molar-refractivity contribution >= 4 is 0 Å². The van der Waals surface area contributed by atoms with E-state index in [0.29, 0.717) is 0 Å². The molecule has 1 aromatic rings. The van der Waals surface area contributed by atoms with E-state index in [4.69, 9.17) is 4.74 Å². The van der Waals surface area contributed by atoms with Gasteiger partial charge in [-0.25, -0.2) is 0 Å². The summed E-state index contributed by atoms with van der Waals surface area (Å²) in [5, 5.41) is 14.7. The van der Waals surface area contributed by atoms with Crippen molar-refractivity contribution in [1.82, 2.24) is 19.6 Å². The van der Waals surface area contributed by atoms with Gasteiger partial charge in [-0.3, -0.25) is 14.5 Å². The summed E-state index contributed by atoms with van der Waals surface area (Å²) >= 11 is 0. The minimum atomic E-state index is -0.220. The van der Waals surface area contributed by atoms with Crippen LogP contribution in [-0.2, 0) is 18.3 Å². The van der Waals surface area contributed by atoms with E-state index in [0.717, 1.165) is 58.8 Å². The molecule has 118 valence electrons. The van der Waals surface area contributed by atoms with Crippen LogP contribution in [0.3, 0.4) is 0 Å². The zero-order chi connectivity index (χ0) is 14.7. The van der Waals surface area contributed by atoms with Crippen molar-refractivity contribution in [1.29, 1.82) is 0 Å². The molecule has 6 heteroatoms. The molecule has 0 radical (unpaired) electrons. The van der Waals surface area contributed by atoms with E-state index < -0.39 is 0 Å². The highest BCUT2D eigenvalue weighted by atomic mass is 16.5. The number of hydrogen-bond acceptors (Lipinski definition) is 5. The molecule has 3 heterocycles. The van der Waals surface area contributed by atoms with Crippen LogP contribution in [0.4, 0.5) is 0 Å². The topological polar surface area (TPSA) is 53.8 Å².